The van der Waals surface area contributed by atoms with Crippen LogP contribution in [0.5, 0.6) is 0 Å². The average Bonchev–Trinajstić information content (AvgIpc) is 3.54. The van der Waals surface area contributed by atoms with Crippen molar-refractivity contribution in [1.29, 1.82) is 0 Å². The number of rotatable bonds is 5. The number of nitrogens with zero attached hydrogens (tertiary/aromatic N) is 7. The Kier molecular flexibility index (Phi) is 5.92. The molecule has 1 aromatic carbocycles. The number of hydrogen-bond donors (Lipinski definition) is 0. The molecule has 2 aromatic heterocycles. The third kappa shape index (κ3) is 4.39. The van der Waals surface area contributed by atoms with Crippen LogP contribution in [0.25, 0.3) is 5.13 Å². The summed E-state index contributed by atoms with van der Waals surface area (Å²) in [6, 6.07) is 10.2. The van der Waals surface area contributed by atoms with Gasteiger partial charge in [-0.2, -0.15) is 0 Å². The van der Waals surface area contributed by atoms with Crippen molar-refractivity contribution < 1.29 is 14.5 Å². The number of piperazine rings is 1. The zero-order valence-corrected chi connectivity index (χ0v) is 18.7. The second kappa shape index (κ2) is 9.16. The number of aromatic nitrogens is 3. The first kappa shape index (κ1) is 21.3. The van der Waals surface area contributed by atoms with E-state index in [0.29, 0.717) is 50.2 Å². The van der Waals surface area contributed by atoms with E-state index in [0.717, 1.165) is 23.9 Å². The number of amides is 1. The number of benzene rings is 1. The van der Waals surface area contributed by atoms with Crippen LogP contribution in [0.3, 0.4) is 0 Å². The van der Waals surface area contributed by atoms with Gasteiger partial charge in [0.25, 0.3) is 11.6 Å². The maximum absolute atomic E-state index is 13.3. The number of ether oxygens (including phenoxy) is 1. The van der Waals surface area contributed by atoms with Gasteiger partial charge in [0, 0.05) is 63.3 Å². The quantitative estimate of drug-likeness (QED) is 0.412. The van der Waals surface area contributed by atoms with Gasteiger partial charge in [-0.05, 0) is 24.3 Å². The van der Waals surface area contributed by atoms with Gasteiger partial charge < -0.3 is 19.4 Å². The number of hydrogen-bond acceptors (Lipinski definition) is 9. The minimum Gasteiger partial charge on any atom is -0.378 e. The summed E-state index contributed by atoms with van der Waals surface area (Å²) < 4.78 is 7.20. The van der Waals surface area contributed by atoms with Crippen molar-refractivity contribution in [2.45, 2.75) is 0 Å². The molecular weight excluding hydrogens is 446 g/mol. The largest absolute Gasteiger partial charge is 0.378 e. The van der Waals surface area contributed by atoms with Crippen molar-refractivity contribution in [2.75, 3.05) is 62.3 Å². The number of non-ortho nitro benzene ring substituents is 1. The molecule has 0 atom stereocenters. The summed E-state index contributed by atoms with van der Waals surface area (Å²) in [5, 5.41) is 21.0. The average molecular weight is 470 g/mol. The van der Waals surface area contributed by atoms with Crippen LogP contribution in [0.15, 0.2) is 42.6 Å². The number of anilines is 2. The number of nitro groups is 1. The van der Waals surface area contributed by atoms with Crippen molar-refractivity contribution >= 4 is 33.8 Å². The van der Waals surface area contributed by atoms with E-state index in [9.17, 15) is 14.9 Å². The van der Waals surface area contributed by atoms with Crippen LogP contribution in [0, 0.1) is 10.1 Å². The summed E-state index contributed by atoms with van der Waals surface area (Å²) in [5.74, 6) is -0.0496. The molecule has 2 aliphatic heterocycles. The van der Waals surface area contributed by atoms with Gasteiger partial charge in [-0.1, -0.05) is 11.3 Å². The Bertz CT molecular complexity index is 1130. The molecule has 0 radical (unpaired) electrons. The van der Waals surface area contributed by atoms with Gasteiger partial charge in [0.2, 0.25) is 10.3 Å². The minimum atomic E-state index is -0.405. The van der Waals surface area contributed by atoms with E-state index in [1.165, 1.54) is 23.5 Å². The molecule has 33 heavy (non-hydrogen) atoms. The van der Waals surface area contributed by atoms with Crippen LogP contribution in [-0.2, 0) is 4.74 Å². The molecule has 11 nitrogen and oxygen atoms in total. The molecule has 1 amide bonds. The molecule has 172 valence electrons. The molecule has 2 fully saturated rings. The summed E-state index contributed by atoms with van der Waals surface area (Å²) in [5.41, 5.74) is 1.55. The fraction of sp³-hybridized carbons (Fsp3) is 0.381. The van der Waals surface area contributed by atoms with Crippen molar-refractivity contribution in [3.05, 3.63) is 58.4 Å². The molecule has 4 heterocycles. The van der Waals surface area contributed by atoms with Crippen LogP contribution in [0.4, 0.5) is 16.5 Å². The van der Waals surface area contributed by atoms with Gasteiger partial charge in [0.1, 0.15) is 5.69 Å². The third-order valence-electron chi connectivity index (χ3n) is 5.85. The lowest BCUT2D eigenvalue weighted by Crippen LogP contribution is -2.49. The molecule has 2 aliphatic rings. The molecule has 2 saturated heterocycles. The zero-order valence-electron chi connectivity index (χ0n) is 17.9. The molecular formula is C21H23N7O4S. The molecule has 0 spiro atoms. The Morgan fingerprint density at radius 3 is 2.33 bits per heavy atom. The number of morpholine rings is 1. The summed E-state index contributed by atoms with van der Waals surface area (Å²) in [6.45, 7) is 5.36. The van der Waals surface area contributed by atoms with Gasteiger partial charge in [0.15, 0.2) is 0 Å². The molecule has 5 rings (SSSR count). The summed E-state index contributed by atoms with van der Waals surface area (Å²) in [7, 11) is 0. The Labute approximate surface area is 193 Å². The standard InChI is InChI=1S/C21H23N7O4S/c29-19(25-10-8-24(9-11-25)16-3-5-17(6-4-16)28(30)31)18-2-1-7-27(18)21-23-22-20(33-21)26-12-14-32-15-13-26/h1-7H,8-15H2. The number of nitro benzene ring substituents is 1. The monoisotopic (exact) mass is 469 g/mol. The lowest BCUT2D eigenvalue weighted by molar-refractivity contribution is -0.384. The highest BCUT2D eigenvalue weighted by atomic mass is 32.1. The molecule has 0 N–H and O–H groups in total. The normalized spacial score (nSPS) is 16.8. The zero-order chi connectivity index (χ0) is 22.8. The van der Waals surface area contributed by atoms with Crippen molar-refractivity contribution in [2.24, 2.45) is 0 Å². The SMILES string of the molecule is O=C(c1cccn1-c1nnc(N2CCOCC2)s1)N1CCN(c2ccc([N+](=O)[O-])cc2)CC1. The van der Waals surface area contributed by atoms with Gasteiger partial charge >= 0.3 is 0 Å². The molecule has 0 saturated carbocycles. The predicted molar refractivity (Wildman–Crippen MR) is 123 cm³/mol. The first-order valence-electron chi connectivity index (χ1n) is 10.7. The molecule has 0 bridgehead atoms. The van der Waals surface area contributed by atoms with Gasteiger partial charge in [-0.25, -0.2) is 0 Å². The van der Waals surface area contributed by atoms with Crippen LogP contribution in [0.2, 0.25) is 0 Å². The highest BCUT2D eigenvalue weighted by molar-refractivity contribution is 7.17. The van der Waals surface area contributed by atoms with E-state index in [4.69, 9.17) is 4.74 Å². The molecule has 0 aliphatic carbocycles. The summed E-state index contributed by atoms with van der Waals surface area (Å²) >= 11 is 1.46. The minimum absolute atomic E-state index is 0.0496. The fourth-order valence-corrected chi connectivity index (χ4v) is 4.92. The van der Waals surface area contributed by atoms with Crippen molar-refractivity contribution in [3.8, 4) is 5.13 Å². The van der Waals surface area contributed by atoms with Gasteiger partial charge in [-0.3, -0.25) is 19.5 Å². The van der Waals surface area contributed by atoms with Crippen LogP contribution in [-0.4, -0.2) is 83.0 Å². The van der Waals surface area contributed by atoms with Gasteiger partial charge in [0.05, 0.1) is 18.1 Å². The van der Waals surface area contributed by atoms with Gasteiger partial charge in [-0.15, -0.1) is 10.2 Å². The van der Waals surface area contributed by atoms with Crippen molar-refractivity contribution in [3.63, 3.8) is 0 Å². The fourth-order valence-electron chi connectivity index (χ4n) is 4.02. The molecule has 3 aromatic rings. The smallest absolute Gasteiger partial charge is 0.271 e. The Morgan fingerprint density at radius 1 is 0.939 bits per heavy atom. The van der Waals surface area contributed by atoms with E-state index < -0.39 is 4.92 Å². The Balaban J connectivity index is 1.25. The Hall–Kier alpha value is -3.51. The van der Waals surface area contributed by atoms with E-state index in [2.05, 4.69) is 20.0 Å². The van der Waals surface area contributed by atoms with E-state index in [1.807, 2.05) is 17.2 Å². The maximum atomic E-state index is 13.3. The lowest BCUT2D eigenvalue weighted by atomic mass is 10.2. The second-order valence-corrected chi connectivity index (χ2v) is 8.72. The number of carbonyl (C=O) groups is 1. The highest BCUT2D eigenvalue weighted by Crippen LogP contribution is 2.26. The van der Waals surface area contributed by atoms with Crippen molar-refractivity contribution in [1.82, 2.24) is 19.7 Å². The number of carbonyl (C=O) groups excluding carboxylic acids is 1. The molecule has 0 unspecified atom stereocenters. The first-order chi connectivity index (χ1) is 16.1. The molecule has 12 heteroatoms. The van der Waals surface area contributed by atoms with Crippen LogP contribution in [0.1, 0.15) is 10.5 Å². The van der Waals surface area contributed by atoms with Crippen LogP contribution < -0.4 is 9.80 Å². The highest BCUT2D eigenvalue weighted by Gasteiger charge is 2.26. The second-order valence-electron chi connectivity index (χ2n) is 7.78. The van der Waals surface area contributed by atoms with E-state index >= 15 is 0 Å². The lowest BCUT2D eigenvalue weighted by Gasteiger charge is -2.36. The first-order valence-corrected chi connectivity index (χ1v) is 11.5. The summed E-state index contributed by atoms with van der Waals surface area (Å²) in [6.07, 6.45) is 1.84. The van der Waals surface area contributed by atoms with Crippen LogP contribution >= 0.6 is 11.3 Å². The van der Waals surface area contributed by atoms with E-state index in [1.54, 1.807) is 22.8 Å². The maximum Gasteiger partial charge on any atom is 0.271 e. The van der Waals surface area contributed by atoms with E-state index in [-0.39, 0.29) is 11.6 Å². The summed E-state index contributed by atoms with van der Waals surface area (Å²) in [4.78, 5) is 29.8. The predicted octanol–water partition coefficient (Wildman–Crippen LogP) is 2.04. The Morgan fingerprint density at radius 2 is 1.64 bits per heavy atom. The topological polar surface area (TPSA) is 110 Å². The third-order valence-corrected chi connectivity index (χ3v) is 6.84.